The first-order chi connectivity index (χ1) is 31.2. The Kier molecular flexibility index (Phi) is 24.9. The Morgan fingerprint density at radius 3 is 1.72 bits per heavy atom. The molecule has 0 aliphatic heterocycles. The van der Waals surface area contributed by atoms with Gasteiger partial charge in [0, 0.05) is 37.0 Å². The van der Waals surface area contributed by atoms with Gasteiger partial charge in [-0.2, -0.15) is 0 Å². The fraction of sp³-hybridized carbons (Fsp3) is 0.524. The van der Waals surface area contributed by atoms with E-state index < -0.39 is 33.4 Å². The number of amides is 2. The molecule has 4 N–H and O–H groups in total. The molecule has 1 atom stereocenters. The third-order valence-corrected chi connectivity index (χ3v) is 8.32. The topological polar surface area (TPSA) is 290 Å². The number of non-ortho nitro benzene ring substituents is 1. The van der Waals surface area contributed by atoms with Crippen molar-refractivity contribution in [3.63, 3.8) is 0 Å². The number of carboxylic acids is 1. The lowest BCUT2D eigenvalue weighted by molar-refractivity contribution is -0.393. The van der Waals surface area contributed by atoms with E-state index in [1.54, 1.807) is 45.0 Å². The number of benzene rings is 2. The van der Waals surface area contributed by atoms with Crippen molar-refractivity contribution in [3.05, 3.63) is 92.1 Å². The number of ether oxygens (including phenoxy) is 9. The molecule has 0 bridgehead atoms. The van der Waals surface area contributed by atoms with Crippen molar-refractivity contribution in [1.82, 2.24) is 15.6 Å². The van der Waals surface area contributed by atoms with E-state index >= 15 is 0 Å². The molecular weight excluding hydrogens is 860 g/mol. The first-order valence-electron chi connectivity index (χ1n) is 20.6. The number of aliphatic carboxylic acids is 1. The zero-order chi connectivity index (χ0) is 47.3. The summed E-state index contributed by atoms with van der Waals surface area (Å²) in [6.45, 7) is 10.7. The van der Waals surface area contributed by atoms with Gasteiger partial charge in [0.05, 0.1) is 126 Å². The minimum Gasteiger partial charge on any atom is -0.480 e. The normalized spacial score (nSPS) is 11.7. The van der Waals surface area contributed by atoms with Crippen LogP contribution in [-0.4, -0.2) is 162 Å². The number of nitrogens with zero attached hydrogens (tertiary/aromatic N) is 3. The lowest BCUT2D eigenvalue weighted by Crippen LogP contribution is -2.45. The molecule has 0 fully saturated rings. The van der Waals surface area contributed by atoms with E-state index in [0.717, 1.165) is 6.07 Å². The fourth-order valence-electron chi connectivity index (χ4n) is 5.10. The second-order valence-corrected chi connectivity index (χ2v) is 14.5. The molecule has 65 heavy (non-hydrogen) atoms. The summed E-state index contributed by atoms with van der Waals surface area (Å²) in [4.78, 5) is 61.6. The number of rotatable bonds is 35. The lowest BCUT2D eigenvalue weighted by atomic mass is 10.2. The molecule has 2 aromatic carbocycles. The molecule has 358 valence electrons. The standard InChI is InChI=1S/C42H58N6O17/c1-42(2,3)64-30-36(41(51)52)46-40(50)32-7-10-38(45-29-32)65-34-6-4-5-31(27-34)39(49)44-12-14-58-16-18-60-20-22-62-24-26-63-25-23-61-21-19-59-17-15-57-13-11-43-35-9-8-33(47(53)54)28-37(35)48(55)56/h4-10,27-29,36,43H,11-26,30H2,1-3H3,(H,44,49)(H,46,50)(H,51,52)/t36-/m0/s1. The molecule has 0 unspecified atom stereocenters. The summed E-state index contributed by atoms with van der Waals surface area (Å²) in [6, 6.07) is 11.5. The molecule has 23 heteroatoms. The zero-order valence-electron chi connectivity index (χ0n) is 36.7. The van der Waals surface area contributed by atoms with Crippen molar-refractivity contribution in [2.24, 2.45) is 0 Å². The summed E-state index contributed by atoms with van der Waals surface area (Å²) in [6.07, 6.45) is 1.26. The molecule has 2 amide bonds. The van der Waals surface area contributed by atoms with Crippen molar-refractivity contribution in [1.29, 1.82) is 0 Å². The molecule has 1 heterocycles. The molecule has 3 rings (SSSR count). The summed E-state index contributed by atoms with van der Waals surface area (Å²) < 4.78 is 49.5. The molecule has 23 nitrogen and oxygen atoms in total. The van der Waals surface area contributed by atoms with Crippen molar-refractivity contribution < 1.29 is 72.0 Å². The van der Waals surface area contributed by atoms with Crippen LogP contribution in [0.25, 0.3) is 0 Å². The minimum absolute atomic E-state index is 0.130. The summed E-state index contributed by atoms with van der Waals surface area (Å²) >= 11 is 0. The van der Waals surface area contributed by atoms with E-state index in [-0.39, 0.29) is 67.3 Å². The molecule has 0 aliphatic carbocycles. The summed E-state index contributed by atoms with van der Waals surface area (Å²) in [5, 5.41) is 39.5. The molecule has 0 radical (unpaired) electrons. The predicted molar refractivity (Wildman–Crippen MR) is 232 cm³/mol. The van der Waals surface area contributed by atoms with Gasteiger partial charge in [-0.15, -0.1) is 0 Å². The first kappa shape index (κ1) is 53.4. The van der Waals surface area contributed by atoms with Gasteiger partial charge in [-0.05, 0) is 51.1 Å². The summed E-state index contributed by atoms with van der Waals surface area (Å²) in [5.41, 5.74) is -0.666. The Bertz CT molecular complexity index is 1920. The van der Waals surface area contributed by atoms with Crippen molar-refractivity contribution in [2.45, 2.75) is 32.4 Å². The number of carbonyl (C=O) groups is 3. The van der Waals surface area contributed by atoms with Crippen LogP contribution in [0.3, 0.4) is 0 Å². The highest BCUT2D eigenvalue weighted by Crippen LogP contribution is 2.28. The van der Waals surface area contributed by atoms with Crippen molar-refractivity contribution in [2.75, 3.05) is 118 Å². The van der Waals surface area contributed by atoms with Crippen LogP contribution >= 0.6 is 0 Å². The highest BCUT2D eigenvalue weighted by atomic mass is 16.6. The van der Waals surface area contributed by atoms with Crippen LogP contribution in [-0.2, 0) is 42.7 Å². The van der Waals surface area contributed by atoms with E-state index in [1.807, 2.05) is 0 Å². The van der Waals surface area contributed by atoms with Gasteiger partial charge in [-0.25, -0.2) is 9.78 Å². The number of anilines is 1. The Morgan fingerprint density at radius 2 is 1.23 bits per heavy atom. The number of aromatic nitrogens is 1. The second-order valence-electron chi connectivity index (χ2n) is 14.5. The lowest BCUT2D eigenvalue weighted by Gasteiger charge is -2.23. The maximum atomic E-state index is 12.7. The second kappa shape index (κ2) is 30.3. The van der Waals surface area contributed by atoms with Gasteiger partial charge in [0.1, 0.15) is 11.4 Å². The molecule has 0 saturated heterocycles. The van der Waals surface area contributed by atoms with Crippen LogP contribution in [0.2, 0.25) is 0 Å². The predicted octanol–water partition coefficient (Wildman–Crippen LogP) is 3.65. The minimum atomic E-state index is -1.24. The zero-order valence-corrected chi connectivity index (χ0v) is 36.7. The Morgan fingerprint density at radius 1 is 0.677 bits per heavy atom. The Hall–Kier alpha value is -5.92. The number of nitro groups is 2. The smallest absolute Gasteiger partial charge is 0.328 e. The molecule has 3 aromatic rings. The van der Waals surface area contributed by atoms with Crippen molar-refractivity contribution >= 4 is 34.8 Å². The third-order valence-electron chi connectivity index (χ3n) is 8.32. The quantitative estimate of drug-likeness (QED) is 0.0372. The number of carboxylic acid groups (broad SMARTS) is 1. The number of hydrogen-bond donors (Lipinski definition) is 4. The highest BCUT2D eigenvalue weighted by molar-refractivity contribution is 5.96. The third kappa shape index (κ3) is 23.0. The van der Waals surface area contributed by atoms with Crippen LogP contribution in [0, 0.1) is 20.2 Å². The highest BCUT2D eigenvalue weighted by Gasteiger charge is 2.24. The van der Waals surface area contributed by atoms with Crippen LogP contribution < -0.4 is 20.7 Å². The van der Waals surface area contributed by atoms with Crippen LogP contribution in [0.15, 0.2) is 60.8 Å². The SMILES string of the molecule is CC(C)(C)OC[C@H](NC(=O)c1ccc(Oc2cccc(C(=O)NCCOCCOCCOCCOCCOCCOCCOCCNc3ccc([N+](=O)[O-])cc3[N+](=O)[O-])c2)nc1)C(=O)O. The summed E-state index contributed by atoms with van der Waals surface area (Å²) in [7, 11) is 0. The number of nitrogens with one attached hydrogen (secondary N) is 3. The van der Waals surface area contributed by atoms with Gasteiger partial charge in [-0.1, -0.05) is 6.07 Å². The average molecular weight is 919 g/mol. The van der Waals surface area contributed by atoms with E-state index in [2.05, 4.69) is 20.9 Å². The molecular formula is C42H58N6O17. The summed E-state index contributed by atoms with van der Waals surface area (Å²) in [5.74, 6) is -1.68. The number of pyridine rings is 1. The molecule has 1 aromatic heterocycles. The molecule has 0 spiro atoms. The van der Waals surface area contributed by atoms with Gasteiger partial charge in [0.2, 0.25) is 5.88 Å². The van der Waals surface area contributed by atoms with Gasteiger partial charge in [0.15, 0.2) is 6.04 Å². The maximum absolute atomic E-state index is 12.7. The Labute approximate surface area is 375 Å². The molecule has 0 aliphatic rings. The van der Waals surface area contributed by atoms with Gasteiger partial charge < -0.3 is 63.7 Å². The fourth-order valence-corrected chi connectivity index (χ4v) is 5.10. The van der Waals surface area contributed by atoms with Gasteiger partial charge in [0.25, 0.3) is 23.2 Å². The van der Waals surface area contributed by atoms with Crippen LogP contribution in [0.5, 0.6) is 11.6 Å². The van der Waals surface area contributed by atoms with E-state index in [9.17, 15) is 39.7 Å². The average Bonchev–Trinajstić information content (AvgIpc) is 3.27. The van der Waals surface area contributed by atoms with E-state index in [0.29, 0.717) is 90.6 Å². The Balaban J connectivity index is 1.10. The molecule has 0 saturated carbocycles. The number of nitro benzene ring substituents is 2. The number of carbonyl (C=O) groups excluding carboxylic acids is 2. The van der Waals surface area contributed by atoms with Crippen LogP contribution in [0.1, 0.15) is 41.5 Å². The van der Waals surface area contributed by atoms with E-state index in [4.69, 9.17) is 42.6 Å². The van der Waals surface area contributed by atoms with Gasteiger partial charge >= 0.3 is 5.97 Å². The van der Waals surface area contributed by atoms with Crippen LogP contribution in [0.4, 0.5) is 17.1 Å². The van der Waals surface area contributed by atoms with E-state index in [1.165, 1.54) is 30.5 Å². The van der Waals surface area contributed by atoms with Gasteiger partial charge in [-0.3, -0.25) is 29.8 Å². The monoisotopic (exact) mass is 918 g/mol. The number of hydrogen-bond acceptors (Lipinski definition) is 18. The largest absolute Gasteiger partial charge is 0.480 e. The maximum Gasteiger partial charge on any atom is 0.328 e. The van der Waals surface area contributed by atoms with Crippen molar-refractivity contribution in [3.8, 4) is 11.6 Å². The first-order valence-corrected chi connectivity index (χ1v) is 20.6.